The van der Waals surface area contributed by atoms with Crippen molar-refractivity contribution in [1.29, 1.82) is 0 Å². The van der Waals surface area contributed by atoms with Crippen molar-refractivity contribution in [3.63, 3.8) is 0 Å². The molecule has 4 rings (SSSR count). The Kier molecular flexibility index (Phi) is 3.73. The topological polar surface area (TPSA) is 8.17 Å². The van der Waals surface area contributed by atoms with E-state index in [0.29, 0.717) is 0 Å². The molecule has 0 fully saturated rings. The second kappa shape index (κ2) is 5.91. The van der Waals surface area contributed by atoms with Gasteiger partial charge in [0.15, 0.2) is 0 Å². The lowest BCUT2D eigenvalue weighted by Gasteiger charge is -2.23. The number of hydrogen-bond acceptors (Lipinski definition) is 1. The molecule has 0 aliphatic carbocycles. The summed E-state index contributed by atoms with van der Waals surface area (Å²) in [4.78, 5) is 2.37. The van der Waals surface area contributed by atoms with Gasteiger partial charge in [0.25, 0.3) is 0 Å². The van der Waals surface area contributed by atoms with E-state index in [-0.39, 0.29) is 5.82 Å². The minimum Gasteiger partial charge on any atom is -0.320 e. The Hall–Kier alpha value is -2.39. The van der Waals surface area contributed by atoms with E-state index in [1.807, 2.05) is 12.1 Å². The zero-order chi connectivity index (χ0) is 16.7. The molecule has 1 aliphatic rings. The molecule has 1 aliphatic heterocycles. The van der Waals surface area contributed by atoms with E-state index in [0.717, 1.165) is 30.6 Å². The molecular weight excluding hydrogens is 299 g/mol. The van der Waals surface area contributed by atoms with Crippen molar-refractivity contribution < 1.29 is 4.39 Å². The van der Waals surface area contributed by atoms with Gasteiger partial charge in [0.1, 0.15) is 5.82 Å². The summed E-state index contributed by atoms with van der Waals surface area (Å²) in [7, 11) is 2.18. The highest BCUT2D eigenvalue weighted by Gasteiger charge is 2.21. The van der Waals surface area contributed by atoms with Crippen molar-refractivity contribution in [1.82, 2.24) is 9.47 Å². The third-order valence-electron chi connectivity index (χ3n) is 4.91. The van der Waals surface area contributed by atoms with E-state index in [4.69, 9.17) is 0 Å². The molecule has 0 amide bonds. The van der Waals surface area contributed by atoms with E-state index >= 15 is 0 Å². The third kappa shape index (κ3) is 2.55. The minimum absolute atomic E-state index is 0.196. The fourth-order valence-electron chi connectivity index (χ4n) is 3.61. The third-order valence-corrected chi connectivity index (χ3v) is 4.91. The zero-order valence-electron chi connectivity index (χ0n) is 14.1. The molecule has 2 heterocycles. The highest BCUT2D eigenvalue weighted by atomic mass is 19.1. The lowest BCUT2D eigenvalue weighted by atomic mass is 10.1. The Morgan fingerprint density at radius 1 is 1.08 bits per heavy atom. The van der Waals surface area contributed by atoms with Crippen molar-refractivity contribution in [3.8, 4) is 0 Å². The van der Waals surface area contributed by atoms with Gasteiger partial charge in [-0.25, -0.2) is 4.39 Å². The van der Waals surface area contributed by atoms with Crippen LogP contribution in [0.1, 0.15) is 23.7 Å². The van der Waals surface area contributed by atoms with Crippen LogP contribution in [-0.2, 0) is 13.0 Å². The molecule has 0 saturated heterocycles. The van der Waals surface area contributed by atoms with Crippen LogP contribution < -0.4 is 0 Å². The van der Waals surface area contributed by atoms with Crippen LogP contribution in [0.5, 0.6) is 0 Å². The standard InChI is InChI=1S/C21H21FN2/c1-15(16-7-9-17(22)10-8-16)13-24-20-6-4-3-5-18(20)19-14-23(2)12-11-21(19)24/h3-10,13H,11-12,14H2,1-2H3. The first-order chi connectivity index (χ1) is 11.6. The monoisotopic (exact) mass is 320 g/mol. The number of aromatic nitrogens is 1. The summed E-state index contributed by atoms with van der Waals surface area (Å²) in [6.07, 6.45) is 3.24. The maximum Gasteiger partial charge on any atom is 0.123 e. The Balaban J connectivity index is 1.87. The first kappa shape index (κ1) is 15.2. The van der Waals surface area contributed by atoms with Gasteiger partial charge >= 0.3 is 0 Å². The van der Waals surface area contributed by atoms with Crippen LogP contribution in [0, 0.1) is 5.82 Å². The molecule has 0 spiro atoms. The Labute approximate surface area is 141 Å². The van der Waals surface area contributed by atoms with Gasteiger partial charge in [0, 0.05) is 36.8 Å². The van der Waals surface area contributed by atoms with Gasteiger partial charge in [0.05, 0.1) is 5.52 Å². The summed E-state index contributed by atoms with van der Waals surface area (Å²) in [6.45, 7) is 4.16. The van der Waals surface area contributed by atoms with Gasteiger partial charge in [-0.1, -0.05) is 30.3 Å². The van der Waals surface area contributed by atoms with Crippen molar-refractivity contribution in [2.45, 2.75) is 19.9 Å². The number of nitrogens with zero attached hydrogens (tertiary/aromatic N) is 2. The quantitative estimate of drug-likeness (QED) is 0.659. The van der Waals surface area contributed by atoms with E-state index in [1.165, 1.54) is 34.3 Å². The maximum atomic E-state index is 13.2. The molecule has 0 bridgehead atoms. The fourth-order valence-corrected chi connectivity index (χ4v) is 3.61. The number of halogens is 1. The lowest BCUT2D eigenvalue weighted by Crippen LogP contribution is -2.26. The van der Waals surface area contributed by atoms with E-state index in [1.54, 1.807) is 0 Å². The van der Waals surface area contributed by atoms with Gasteiger partial charge in [-0.15, -0.1) is 0 Å². The predicted molar refractivity (Wildman–Crippen MR) is 98.2 cm³/mol. The molecule has 3 aromatic rings. The summed E-state index contributed by atoms with van der Waals surface area (Å²) >= 11 is 0. The lowest BCUT2D eigenvalue weighted by molar-refractivity contribution is 0.312. The number of allylic oxidation sites excluding steroid dienone is 1. The van der Waals surface area contributed by atoms with E-state index < -0.39 is 0 Å². The molecule has 24 heavy (non-hydrogen) atoms. The first-order valence-corrected chi connectivity index (χ1v) is 8.37. The van der Waals surface area contributed by atoms with Crippen LogP contribution in [-0.4, -0.2) is 23.1 Å². The molecule has 0 unspecified atom stereocenters. The van der Waals surface area contributed by atoms with Gasteiger partial charge in [-0.2, -0.15) is 0 Å². The summed E-state index contributed by atoms with van der Waals surface area (Å²) < 4.78 is 15.5. The van der Waals surface area contributed by atoms with E-state index in [2.05, 4.69) is 53.9 Å². The summed E-state index contributed by atoms with van der Waals surface area (Å²) in [6, 6.07) is 15.3. The predicted octanol–water partition coefficient (Wildman–Crippen LogP) is 4.79. The average molecular weight is 320 g/mol. The van der Waals surface area contributed by atoms with Crippen LogP contribution in [0.25, 0.3) is 22.7 Å². The van der Waals surface area contributed by atoms with Crippen LogP contribution in [0.15, 0.2) is 48.5 Å². The molecule has 2 nitrogen and oxygen atoms in total. The van der Waals surface area contributed by atoms with Crippen molar-refractivity contribution >= 4 is 22.7 Å². The molecule has 122 valence electrons. The number of hydrogen-bond donors (Lipinski definition) is 0. The molecule has 0 atom stereocenters. The molecule has 0 saturated carbocycles. The second-order valence-corrected chi connectivity index (χ2v) is 6.62. The van der Waals surface area contributed by atoms with Crippen molar-refractivity contribution in [2.75, 3.05) is 13.6 Å². The van der Waals surface area contributed by atoms with Crippen molar-refractivity contribution in [3.05, 3.63) is 71.2 Å². The van der Waals surface area contributed by atoms with Crippen LogP contribution in [0.3, 0.4) is 0 Å². The molecule has 1 aromatic heterocycles. The van der Waals surface area contributed by atoms with Crippen LogP contribution >= 0.6 is 0 Å². The number of para-hydroxylation sites is 1. The SMILES string of the molecule is CC(=Cn1c2c(c3ccccc31)CN(C)CC2)c1ccc(F)cc1. The van der Waals surface area contributed by atoms with Gasteiger partial charge in [-0.3, -0.25) is 0 Å². The van der Waals surface area contributed by atoms with Gasteiger partial charge in [0.2, 0.25) is 0 Å². The fraction of sp³-hybridized carbons (Fsp3) is 0.238. The average Bonchev–Trinajstić information content (AvgIpc) is 2.89. The first-order valence-electron chi connectivity index (χ1n) is 8.37. The highest BCUT2D eigenvalue weighted by molar-refractivity contribution is 5.90. The van der Waals surface area contributed by atoms with Crippen molar-refractivity contribution in [2.24, 2.45) is 0 Å². The maximum absolute atomic E-state index is 13.2. The summed E-state index contributed by atoms with van der Waals surface area (Å²) in [5.74, 6) is -0.196. The Morgan fingerprint density at radius 3 is 2.62 bits per heavy atom. The highest BCUT2D eigenvalue weighted by Crippen LogP contribution is 2.31. The molecule has 0 N–H and O–H groups in total. The molecule has 3 heteroatoms. The number of rotatable bonds is 2. The Bertz CT molecular complexity index is 919. The van der Waals surface area contributed by atoms with Crippen LogP contribution in [0.2, 0.25) is 0 Å². The normalized spacial score (nSPS) is 15.7. The number of likely N-dealkylation sites (N-methyl/N-ethyl adjacent to an activating group) is 1. The molecular formula is C21H21FN2. The Morgan fingerprint density at radius 2 is 1.83 bits per heavy atom. The molecule has 2 aromatic carbocycles. The smallest absolute Gasteiger partial charge is 0.123 e. The largest absolute Gasteiger partial charge is 0.320 e. The van der Waals surface area contributed by atoms with Gasteiger partial charge < -0.3 is 9.47 Å². The number of benzene rings is 2. The minimum atomic E-state index is -0.196. The zero-order valence-corrected chi connectivity index (χ0v) is 14.1. The summed E-state index contributed by atoms with van der Waals surface area (Å²) in [5.41, 5.74) is 6.27. The summed E-state index contributed by atoms with van der Waals surface area (Å²) in [5, 5.41) is 1.34. The van der Waals surface area contributed by atoms with Gasteiger partial charge in [-0.05, 0) is 48.9 Å². The van der Waals surface area contributed by atoms with E-state index in [9.17, 15) is 4.39 Å². The van der Waals surface area contributed by atoms with Crippen LogP contribution in [0.4, 0.5) is 4.39 Å². The number of fused-ring (bicyclic) bond motifs is 3. The second-order valence-electron chi connectivity index (χ2n) is 6.62. The molecule has 0 radical (unpaired) electrons.